The number of methoxy groups -OCH3 is 1. The first-order chi connectivity index (χ1) is 6.88. The second-order valence-corrected chi connectivity index (χ2v) is 2.74. The SMILES string of the molecule is COc1n[nH]c(NCc2cc[nH]c2)n1. The zero-order chi connectivity index (χ0) is 9.80. The molecule has 6 heteroatoms. The van der Waals surface area contributed by atoms with Crippen molar-refractivity contribution in [2.75, 3.05) is 12.4 Å². The summed E-state index contributed by atoms with van der Waals surface area (Å²) < 4.78 is 4.83. The molecular weight excluding hydrogens is 182 g/mol. The highest BCUT2D eigenvalue weighted by molar-refractivity contribution is 5.26. The minimum Gasteiger partial charge on any atom is -0.466 e. The normalized spacial score (nSPS) is 10.1. The van der Waals surface area contributed by atoms with E-state index in [1.807, 2.05) is 18.5 Å². The zero-order valence-corrected chi connectivity index (χ0v) is 7.74. The lowest BCUT2D eigenvalue weighted by molar-refractivity contribution is 0.382. The molecule has 0 aromatic carbocycles. The van der Waals surface area contributed by atoms with Crippen molar-refractivity contribution in [1.29, 1.82) is 0 Å². The maximum Gasteiger partial charge on any atom is 0.336 e. The molecule has 0 saturated heterocycles. The molecule has 0 bridgehead atoms. The lowest BCUT2D eigenvalue weighted by Crippen LogP contribution is -1.99. The molecule has 0 fully saturated rings. The molecule has 0 aliphatic rings. The van der Waals surface area contributed by atoms with Crippen LogP contribution in [0.15, 0.2) is 18.5 Å². The molecule has 2 rings (SSSR count). The minimum absolute atomic E-state index is 0.335. The van der Waals surface area contributed by atoms with Gasteiger partial charge in [-0.2, -0.15) is 4.98 Å². The van der Waals surface area contributed by atoms with Crippen LogP contribution in [-0.4, -0.2) is 27.3 Å². The maximum atomic E-state index is 4.83. The fraction of sp³-hybridized carbons (Fsp3) is 0.250. The van der Waals surface area contributed by atoms with Gasteiger partial charge in [0.2, 0.25) is 5.95 Å². The van der Waals surface area contributed by atoms with Crippen molar-refractivity contribution in [3.05, 3.63) is 24.0 Å². The molecule has 2 aromatic heterocycles. The number of H-pyrrole nitrogens is 2. The lowest BCUT2D eigenvalue weighted by atomic mass is 10.3. The van der Waals surface area contributed by atoms with Crippen LogP contribution >= 0.6 is 0 Å². The topological polar surface area (TPSA) is 78.6 Å². The van der Waals surface area contributed by atoms with E-state index < -0.39 is 0 Å². The van der Waals surface area contributed by atoms with Crippen LogP contribution in [0.5, 0.6) is 6.01 Å². The molecule has 3 N–H and O–H groups in total. The molecule has 0 aliphatic carbocycles. The van der Waals surface area contributed by atoms with Crippen molar-refractivity contribution >= 4 is 5.95 Å². The average molecular weight is 193 g/mol. The van der Waals surface area contributed by atoms with Crippen molar-refractivity contribution in [3.8, 4) is 6.01 Å². The fourth-order valence-electron chi connectivity index (χ4n) is 1.07. The van der Waals surface area contributed by atoms with E-state index in [0.29, 0.717) is 18.5 Å². The van der Waals surface area contributed by atoms with Gasteiger partial charge in [0.25, 0.3) is 0 Å². The van der Waals surface area contributed by atoms with Crippen LogP contribution in [0, 0.1) is 0 Å². The minimum atomic E-state index is 0.335. The Morgan fingerprint density at radius 2 is 2.50 bits per heavy atom. The van der Waals surface area contributed by atoms with E-state index in [-0.39, 0.29) is 0 Å². The summed E-state index contributed by atoms with van der Waals surface area (Å²) in [5, 5.41) is 9.59. The Bertz CT molecular complexity index is 380. The largest absolute Gasteiger partial charge is 0.466 e. The third kappa shape index (κ3) is 1.85. The molecule has 2 aromatic rings. The van der Waals surface area contributed by atoms with Gasteiger partial charge < -0.3 is 15.0 Å². The Morgan fingerprint density at radius 3 is 3.14 bits per heavy atom. The predicted molar refractivity (Wildman–Crippen MR) is 51.1 cm³/mol. The Kier molecular flexibility index (Phi) is 2.35. The van der Waals surface area contributed by atoms with Gasteiger partial charge in [-0.25, -0.2) is 5.10 Å². The van der Waals surface area contributed by atoms with Crippen molar-refractivity contribution in [3.63, 3.8) is 0 Å². The van der Waals surface area contributed by atoms with E-state index in [0.717, 1.165) is 5.56 Å². The monoisotopic (exact) mass is 193 g/mol. The number of anilines is 1. The Morgan fingerprint density at radius 1 is 1.57 bits per heavy atom. The average Bonchev–Trinajstić information content (AvgIpc) is 2.86. The summed E-state index contributed by atoms with van der Waals surface area (Å²) in [5.41, 5.74) is 1.15. The van der Waals surface area contributed by atoms with Gasteiger partial charge in [0.05, 0.1) is 7.11 Å². The lowest BCUT2D eigenvalue weighted by Gasteiger charge is -1.97. The van der Waals surface area contributed by atoms with Crippen LogP contribution in [0.25, 0.3) is 0 Å². The molecule has 0 atom stereocenters. The quantitative estimate of drug-likeness (QED) is 0.669. The molecule has 14 heavy (non-hydrogen) atoms. The van der Waals surface area contributed by atoms with E-state index in [1.54, 1.807) is 0 Å². The predicted octanol–water partition coefficient (Wildman–Crippen LogP) is 0.754. The zero-order valence-electron chi connectivity index (χ0n) is 7.74. The Balaban J connectivity index is 1.92. The van der Waals surface area contributed by atoms with Gasteiger partial charge in [-0.1, -0.05) is 0 Å². The van der Waals surface area contributed by atoms with Gasteiger partial charge in [-0.3, -0.25) is 0 Å². The summed E-state index contributed by atoms with van der Waals surface area (Å²) in [7, 11) is 1.53. The first-order valence-corrected chi connectivity index (χ1v) is 4.20. The second-order valence-electron chi connectivity index (χ2n) is 2.74. The van der Waals surface area contributed by atoms with Gasteiger partial charge in [-0.15, -0.1) is 5.10 Å². The molecule has 6 nitrogen and oxygen atoms in total. The van der Waals surface area contributed by atoms with Crippen molar-refractivity contribution in [1.82, 2.24) is 20.2 Å². The van der Waals surface area contributed by atoms with Gasteiger partial charge in [0, 0.05) is 18.9 Å². The number of nitrogens with one attached hydrogen (secondary N) is 3. The Hall–Kier alpha value is -1.98. The molecule has 0 amide bonds. The molecule has 0 saturated carbocycles. The molecule has 0 aliphatic heterocycles. The summed E-state index contributed by atoms with van der Waals surface area (Å²) in [6.07, 6.45) is 3.79. The first-order valence-electron chi connectivity index (χ1n) is 4.20. The van der Waals surface area contributed by atoms with Gasteiger partial charge in [0.15, 0.2) is 0 Å². The number of aromatic nitrogens is 4. The van der Waals surface area contributed by atoms with Crippen molar-refractivity contribution in [2.45, 2.75) is 6.54 Å². The van der Waals surface area contributed by atoms with Crippen molar-refractivity contribution < 1.29 is 4.74 Å². The summed E-state index contributed by atoms with van der Waals surface area (Å²) in [6.45, 7) is 0.696. The smallest absolute Gasteiger partial charge is 0.336 e. The Labute approximate surface area is 80.7 Å². The van der Waals surface area contributed by atoms with E-state index in [2.05, 4.69) is 25.5 Å². The van der Waals surface area contributed by atoms with Crippen LogP contribution in [-0.2, 0) is 6.54 Å². The van der Waals surface area contributed by atoms with Gasteiger partial charge in [0.1, 0.15) is 0 Å². The standard InChI is InChI=1S/C8H11N5O/c1-14-8-11-7(12-13-8)10-5-6-2-3-9-4-6/h2-4,9H,5H2,1H3,(H2,10,11,12,13). The van der Waals surface area contributed by atoms with Crippen LogP contribution < -0.4 is 10.1 Å². The number of aromatic amines is 2. The summed E-state index contributed by atoms with van der Waals surface area (Å²) >= 11 is 0. The molecule has 0 spiro atoms. The van der Waals surface area contributed by atoms with E-state index in [1.165, 1.54) is 7.11 Å². The van der Waals surface area contributed by atoms with Gasteiger partial charge >= 0.3 is 6.01 Å². The summed E-state index contributed by atoms with van der Waals surface area (Å²) in [4.78, 5) is 6.99. The highest BCUT2D eigenvalue weighted by Crippen LogP contribution is 2.06. The molecule has 74 valence electrons. The highest BCUT2D eigenvalue weighted by Gasteiger charge is 2.01. The highest BCUT2D eigenvalue weighted by atomic mass is 16.5. The van der Waals surface area contributed by atoms with E-state index in [9.17, 15) is 0 Å². The number of ether oxygens (including phenoxy) is 1. The number of hydrogen-bond donors (Lipinski definition) is 3. The van der Waals surface area contributed by atoms with Gasteiger partial charge in [-0.05, 0) is 11.6 Å². The third-order valence-corrected chi connectivity index (χ3v) is 1.77. The number of rotatable bonds is 4. The van der Waals surface area contributed by atoms with Crippen LogP contribution in [0.3, 0.4) is 0 Å². The second kappa shape index (κ2) is 3.82. The fourth-order valence-corrected chi connectivity index (χ4v) is 1.07. The van der Waals surface area contributed by atoms with Crippen LogP contribution in [0.2, 0.25) is 0 Å². The number of nitrogens with zero attached hydrogens (tertiary/aromatic N) is 2. The van der Waals surface area contributed by atoms with Crippen LogP contribution in [0.4, 0.5) is 5.95 Å². The molecule has 2 heterocycles. The van der Waals surface area contributed by atoms with E-state index in [4.69, 9.17) is 4.74 Å². The van der Waals surface area contributed by atoms with Crippen molar-refractivity contribution in [2.24, 2.45) is 0 Å². The molecule has 0 radical (unpaired) electrons. The number of hydrogen-bond acceptors (Lipinski definition) is 4. The third-order valence-electron chi connectivity index (χ3n) is 1.77. The summed E-state index contributed by atoms with van der Waals surface area (Å²) in [5.74, 6) is 0.600. The molecule has 0 unspecified atom stereocenters. The molecular formula is C8H11N5O. The van der Waals surface area contributed by atoms with E-state index >= 15 is 0 Å². The summed E-state index contributed by atoms with van der Waals surface area (Å²) in [6, 6.07) is 2.32. The van der Waals surface area contributed by atoms with Crippen LogP contribution in [0.1, 0.15) is 5.56 Å². The first kappa shape index (κ1) is 8.61. The maximum absolute atomic E-state index is 4.83.